The summed E-state index contributed by atoms with van der Waals surface area (Å²) in [5.74, 6) is 3.58. The fourth-order valence-corrected chi connectivity index (χ4v) is 7.24. The van der Waals surface area contributed by atoms with Gasteiger partial charge in [0.1, 0.15) is 5.82 Å². The molecule has 6 nitrogen and oxygen atoms in total. The summed E-state index contributed by atoms with van der Waals surface area (Å²) in [7, 11) is 0. The third kappa shape index (κ3) is 4.71. The van der Waals surface area contributed by atoms with Crippen molar-refractivity contribution < 1.29 is 14.4 Å². The Morgan fingerprint density at radius 3 is 2.53 bits per heavy atom. The Bertz CT molecular complexity index is 1000. The maximum Gasteiger partial charge on any atom is 0.267 e. The predicted octanol–water partition coefficient (Wildman–Crippen LogP) is 5.06. The second kappa shape index (κ2) is 9.31. The van der Waals surface area contributed by atoms with Crippen LogP contribution in [0.25, 0.3) is 6.08 Å². The number of carbonyl (C=O) groups excluding carboxylic acids is 1. The van der Waals surface area contributed by atoms with Crippen molar-refractivity contribution in [2.75, 3.05) is 6.61 Å². The van der Waals surface area contributed by atoms with Gasteiger partial charge in [0.2, 0.25) is 0 Å². The van der Waals surface area contributed by atoms with E-state index in [1.165, 1.54) is 55.9 Å². The summed E-state index contributed by atoms with van der Waals surface area (Å²) in [5, 5.41) is 0. The highest BCUT2D eigenvalue weighted by molar-refractivity contribution is 5.90. The minimum Gasteiger partial charge on any atom is -0.350 e. The first kappa shape index (κ1) is 22.1. The molecule has 1 aromatic heterocycles. The van der Waals surface area contributed by atoms with Gasteiger partial charge in [0.05, 0.1) is 0 Å². The molecule has 1 unspecified atom stereocenters. The molecular weight excluding hydrogens is 426 g/mol. The first-order valence-corrected chi connectivity index (χ1v) is 13.0. The van der Waals surface area contributed by atoms with E-state index < -0.39 is 0 Å². The molecule has 0 radical (unpaired) electrons. The lowest BCUT2D eigenvalue weighted by molar-refractivity contribution is -0.198. The zero-order chi connectivity index (χ0) is 23.0. The third-order valence-corrected chi connectivity index (χ3v) is 8.45. The third-order valence-electron chi connectivity index (χ3n) is 8.45. The van der Waals surface area contributed by atoms with Crippen molar-refractivity contribution in [2.24, 2.45) is 17.8 Å². The van der Waals surface area contributed by atoms with E-state index in [-0.39, 0.29) is 12.2 Å². The van der Waals surface area contributed by atoms with Crippen LogP contribution in [0.3, 0.4) is 0 Å². The summed E-state index contributed by atoms with van der Waals surface area (Å²) in [5.41, 5.74) is 6.39. The maximum atomic E-state index is 12.0. The van der Waals surface area contributed by atoms with Crippen LogP contribution in [0.1, 0.15) is 80.4 Å². The number of carbonyl (C=O) groups is 1. The number of amides is 1. The molecule has 0 spiro atoms. The number of hydrogen-bond acceptors (Lipinski definition) is 4. The van der Waals surface area contributed by atoms with Gasteiger partial charge in [0.15, 0.2) is 6.29 Å². The predicted molar refractivity (Wildman–Crippen MR) is 130 cm³/mol. The second-order valence-electron chi connectivity index (χ2n) is 11.1. The Kier molecular flexibility index (Phi) is 6.04. The van der Waals surface area contributed by atoms with Crippen LogP contribution in [0.15, 0.2) is 36.5 Å². The summed E-state index contributed by atoms with van der Waals surface area (Å²) in [4.78, 5) is 25.8. The Balaban J connectivity index is 1.03. The van der Waals surface area contributed by atoms with E-state index in [1.807, 2.05) is 12.1 Å². The molecule has 1 aliphatic heterocycles. The molecule has 6 heteroatoms. The number of benzene rings is 1. The van der Waals surface area contributed by atoms with Gasteiger partial charge in [-0.2, -0.15) is 0 Å². The highest BCUT2D eigenvalue weighted by Crippen LogP contribution is 2.60. The number of hydroxylamine groups is 1. The summed E-state index contributed by atoms with van der Waals surface area (Å²) in [6.45, 7) is 0.685. The summed E-state index contributed by atoms with van der Waals surface area (Å²) in [6, 6.07) is 8.29. The van der Waals surface area contributed by atoms with Crippen molar-refractivity contribution in [3.63, 3.8) is 0 Å². The Hall–Kier alpha value is -2.44. The molecule has 1 aromatic carbocycles. The topological polar surface area (TPSA) is 76.2 Å². The van der Waals surface area contributed by atoms with Gasteiger partial charge in [-0.1, -0.05) is 24.3 Å². The van der Waals surface area contributed by atoms with E-state index in [0.29, 0.717) is 12.0 Å². The highest BCUT2D eigenvalue weighted by atomic mass is 16.8. The lowest BCUT2D eigenvalue weighted by atomic mass is 9.49. The Labute approximate surface area is 201 Å². The fourth-order valence-electron chi connectivity index (χ4n) is 7.24. The van der Waals surface area contributed by atoms with Crippen molar-refractivity contribution in [1.82, 2.24) is 15.4 Å². The van der Waals surface area contributed by atoms with Crippen LogP contribution in [-0.2, 0) is 26.2 Å². The second-order valence-corrected chi connectivity index (χ2v) is 11.1. The van der Waals surface area contributed by atoms with E-state index in [9.17, 15) is 4.79 Å². The number of rotatable bonds is 7. The standard InChI is InChI=1S/C28H35N3O3/c32-26(31-34-27-3-1-2-10-33-27)9-8-19-4-6-20(7-5-19)14-25-29-18-24(30-25)28-15-21-11-22(16-28)13-23(12-21)17-28/h4-9,18,21-23,27H,1-3,10-17H2,(H,29,30)(H,31,32). The van der Waals surface area contributed by atoms with Crippen molar-refractivity contribution in [2.45, 2.75) is 75.9 Å². The van der Waals surface area contributed by atoms with Crippen molar-refractivity contribution >= 4 is 12.0 Å². The monoisotopic (exact) mass is 461 g/mol. The van der Waals surface area contributed by atoms with Gasteiger partial charge < -0.3 is 9.72 Å². The van der Waals surface area contributed by atoms with E-state index in [1.54, 1.807) is 6.08 Å². The molecule has 1 amide bonds. The largest absolute Gasteiger partial charge is 0.350 e. The summed E-state index contributed by atoms with van der Waals surface area (Å²) in [6.07, 6.45) is 17.2. The van der Waals surface area contributed by atoms with Gasteiger partial charge >= 0.3 is 0 Å². The minimum absolute atomic E-state index is 0.286. The van der Waals surface area contributed by atoms with Crippen LogP contribution in [0, 0.1) is 17.8 Å². The van der Waals surface area contributed by atoms with Gasteiger partial charge in [0, 0.05) is 42.8 Å². The molecule has 4 aliphatic carbocycles. The zero-order valence-corrected chi connectivity index (χ0v) is 19.8. The molecule has 2 heterocycles. The van der Waals surface area contributed by atoms with Gasteiger partial charge in [-0.15, -0.1) is 0 Å². The molecular formula is C28H35N3O3. The van der Waals surface area contributed by atoms with Crippen molar-refractivity contribution in [3.05, 3.63) is 59.2 Å². The number of hydrogen-bond donors (Lipinski definition) is 2. The first-order chi connectivity index (χ1) is 16.6. The average molecular weight is 462 g/mol. The van der Waals surface area contributed by atoms with Crippen LogP contribution in [0.5, 0.6) is 0 Å². The number of aromatic amines is 1. The van der Waals surface area contributed by atoms with Gasteiger partial charge in [-0.05, 0) is 86.3 Å². The number of nitrogens with one attached hydrogen (secondary N) is 2. The molecule has 4 saturated carbocycles. The lowest BCUT2D eigenvalue weighted by Crippen LogP contribution is -2.48. The fraction of sp³-hybridized carbons (Fsp3) is 0.571. The van der Waals surface area contributed by atoms with Gasteiger partial charge in [-0.25, -0.2) is 15.3 Å². The average Bonchev–Trinajstić information content (AvgIpc) is 3.32. The normalized spacial score (nSPS) is 32.4. The summed E-state index contributed by atoms with van der Waals surface area (Å²) < 4.78 is 5.45. The summed E-state index contributed by atoms with van der Waals surface area (Å²) >= 11 is 0. The van der Waals surface area contributed by atoms with Crippen LogP contribution >= 0.6 is 0 Å². The van der Waals surface area contributed by atoms with Crippen molar-refractivity contribution in [1.29, 1.82) is 0 Å². The van der Waals surface area contributed by atoms with E-state index in [0.717, 1.165) is 54.8 Å². The molecule has 1 atom stereocenters. The molecule has 2 N–H and O–H groups in total. The molecule has 7 rings (SSSR count). The number of ether oxygens (including phenoxy) is 1. The van der Waals surface area contributed by atoms with Crippen LogP contribution in [-0.4, -0.2) is 28.8 Å². The number of nitrogens with zero attached hydrogens (tertiary/aromatic N) is 1. The van der Waals surface area contributed by atoms with Crippen LogP contribution < -0.4 is 5.48 Å². The van der Waals surface area contributed by atoms with E-state index in [2.05, 4.69) is 28.8 Å². The molecule has 2 aromatic rings. The molecule has 1 saturated heterocycles. The Morgan fingerprint density at radius 1 is 1.12 bits per heavy atom. The zero-order valence-electron chi connectivity index (χ0n) is 19.8. The van der Waals surface area contributed by atoms with Gasteiger partial charge in [0.25, 0.3) is 5.91 Å². The highest BCUT2D eigenvalue weighted by Gasteiger charge is 2.52. The molecule has 4 bridgehead atoms. The molecule has 34 heavy (non-hydrogen) atoms. The number of imidazole rings is 1. The van der Waals surface area contributed by atoms with Crippen molar-refractivity contribution in [3.8, 4) is 0 Å². The Morgan fingerprint density at radius 2 is 1.85 bits per heavy atom. The molecule has 5 fully saturated rings. The molecule has 5 aliphatic rings. The van der Waals surface area contributed by atoms with Crippen LogP contribution in [0.4, 0.5) is 0 Å². The lowest BCUT2D eigenvalue weighted by Gasteiger charge is -2.56. The molecule has 180 valence electrons. The van der Waals surface area contributed by atoms with Gasteiger partial charge in [-0.3, -0.25) is 4.79 Å². The van der Waals surface area contributed by atoms with Crippen LogP contribution in [0.2, 0.25) is 0 Å². The smallest absolute Gasteiger partial charge is 0.267 e. The van der Waals surface area contributed by atoms with E-state index >= 15 is 0 Å². The number of aromatic nitrogens is 2. The number of H-pyrrole nitrogens is 1. The maximum absolute atomic E-state index is 12.0. The van der Waals surface area contributed by atoms with E-state index in [4.69, 9.17) is 14.6 Å². The first-order valence-electron chi connectivity index (χ1n) is 13.0. The minimum atomic E-state index is -0.338. The SMILES string of the molecule is O=C(C=Cc1ccc(Cc2ncc(C34CC5CC(CC(C5)C3)C4)[nH]2)cc1)NOC1CCCCO1. The quantitative estimate of drug-likeness (QED) is 0.447.